The van der Waals surface area contributed by atoms with Crippen molar-refractivity contribution in [2.75, 3.05) is 19.6 Å². The highest BCUT2D eigenvalue weighted by molar-refractivity contribution is 7.89. The molecule has 7 rings (SSSR count). The lowest BCUT2D eigenvalue weighted by atomic mass is 9.69. The first-order valence-corrected chi connectivity index (χ1v) is 20.0. The van der Waals surface area contributed by atoms with Crippen LogP contribution < -0.4 is 4.74 Å². The fourth-order valence-electron chi connectivity index (χ4n) is 7.79. The van der Waals surface area contributed by atoms with Gasteiger partial charge in [-0.05, 0) is 114 Å². The van der Waals surface area contributed by atoms with Gasteiger partial charge in [0.1, 0.15) is 21.6 Å². The number of benzene rings is 2. The number of carbonyl (C=O) groups is 2. The fourth-order valence-corrected chi connectivity index (χ4v) is 9.44. The van der Waals surface area contributed by atoms with Crippen LogP contribution in [0, 0.1) is 26.2 Å². The number of aromatic nitrogens is 4. The van der Waals surface area contributed by atoms with Gasteiger partial charge in [-0.2, -0.15) is 4.31 Å². The van der Waals surface area contributed by atoms with Crippen molar-refractivity contribution in [2.24, 2.45) is 5.41 Å². The highest BCUT2D eigenvalue weighted by atomic mass is 32.2. The van der Waals surface area contributed by atoms with E-state index in [4.69, 9.17) is 9.47 Å². The molecule has 14 heteroatoms. The Kier molecular flexibility index (Phi) is 9.32. The standard InChI is InChI=1S/C40H50N6O7S/c1-24-19-32-35(41-21-24)52-40(15-17-44(18-16-40)37(49)53-38(4,5)6)23-45(54(32,50)51)22-28-20-27(10-9-25(28)2)33(39(7,8)36(47)48)30-13-14-31-34(26(30)3)42-43-46(31)29-11-12-29/h9-10,13-14,19-21,29,33H,11-12,15-18,22-23H2,1-8H3,(H,47,48). The lowest BCUT2D eigenvalue weighted by Crippen LogP contribution is -2.55. The lowest BCUT2D eigenvalue weighted by Gasteiger charge is -2.42. The molecule has 2 aliphatic heterocycles. The highest BCUT2D eigenvalue weighted by Crippen LogP contribution is 2.46. The predicted molar refractivity (Wildman–Crippen MR) is 202 cm³/mol. The molecule has 0 bridgehead atoms. The number of aryl methyl sites for hydroxylation is 3. The monoisotopic (exact) mass is 758 g/mol. The highest BCUT2D eigenvalue weighted by Gasteiger charge is 2.48. The SMILES string of the molecule is Cc1cnc2c(c1)S(=O)(=O)N(Cc1cc(C(c3ccc4c(nnn4C4CC4)c3C)C(C)(C)C(=O)O)ccc1C)CC1(CCN(C(=O)OC(C)(C)C)CC1)O2. The van der Waals surface area contributed by atoms with Crippen molar-refractivity contribution >= 4 is 33.1 Å². The molecule has 4 aromatic rings. The van der Waals surface area contributed by atoms with Crippen LogP contribution in [0.5, 0.6) is 5.88 Å². The van der Waals surface area contributed by atoms with E-state index in [-0.39, 0.29) is 23.9 Å². The molecule has 1 N–H and O–H groups in total. The van der Waals surface area contributed by atoms with E-state index in [0.717, 1.165) is 51.7 Å². The second-order valence-corrected chi connectivity index (χ2v) is 18.8. The Labute approximate surface area is 316 Å². The van der Waals surface area contributed by atoms with E-state index in [1.165, 1.54) is 4.31 Å². The second kappa shape index (κ2) is 13.3. The largest absolute Gasteiger partial charge is 0.481 e. The third kappa shape index (κ3) is 6.94. The van der Waals surface area contributed by atoms with E-state index in [1.807, 2.05) is 69.6 Å². The Balaban J connectivity index is 1.27. The van der Waals surface area contributed by atoms with Crippen LogP contribution in [0.15, 0.2) is 47.5 Å². The quantitative estimate of drug-likeness (QED) is 0.216. The number of sulfonamides is 1. The van der Waals surface area contributed by atoms with Crippen molar-refractivity contribution in [3.05, 3.63) is 76.0 Å². The molecule has 1 saturated carbocycles. The van der Waals surface area contributed by atoms with Crippen LogP contribution in [0.25, 0.3) is 11.0 Å². The van der Waals surface area contributed by atoms with E-state index in [0.29, 0.717) is 37.5 Å². The number of rotatable bonds is 7. The second-order valence-electron chi connectivity index (χ2n) is 16.9. The van der Waals surface area contributed by atoms with E-state index < -0.39 is 44.6 Å². The summed E-state index contributed by atoms with van der Waals surface area (Å²) in [6.07, 6.45) is 4.04. The summed E-state index contributed by atoms with van der Waals surface area (Å²) in [5, 5.41) is 19.6. The zero-order valence-corrected chi connectivity index (χ0v) is 33.2. The molecule has 13 nitrogen and oxygen atoms in total. The number of aliphatic carboxylic acids is 1. The summed E-state index contributed by atoms with van der Waals surface area (Å²) in [6.45, 7) is 15.3. The van der Waals surface area contributed by atoms with Crippen LogP contribution in [0.4, 0.5) is 4.79 Å². The van der Waals surface area contributed by atoms with E-state index >= 15 is 0 Å². The first-order valence-electron chi connectivity index (χ1n) is 18.6. The summed E-state index contributed by atoms with van der Waals surface area (Å²) in [4.78, 5) is 32.0. The Morgan fingerprint density at radius 2 is 1.74 bits per heavy atom. The minimum absolute atomic E-state index is 0.00388. The number of fused-ring (bicyclic) bond motifs is 2. The molecule has 0 radical (unpaired) electrons. The van der Waals surface area contributed by atoms with Gasteiger partial charge in [0.25, 0.3) is 0 Å². The first-order chi connectivity index (χ1) is 25.3. The topological polar surface area (TPSA) is 157 Å². The van der Waals surface area contributed by atoms with Crippen LogP contribution in [-0.2, 0) is 26.1 Å². The Bertz CT molecular complexity index is 2250. The number of carboxylic acids is 1. The van der Waals surface area contributed by atoms with Crippen molar-refractivity contribution in [3.63, 3.8) is 0 Å². The number of pyridine rings is 1. The number of hydrogen-bond donors (Lipinski definition) is 1. The van der Waals surface area contributed by atoms with Gasteiger partial charge < -0.3 is 19.5 Å². The molecule has 1 saturated heterocycles. The predicted octanol–water partition coefficient (Wildman–Crippen LogP) is 6.68. The van der Waals surface area contributed by atoms with Crippen molar-refractivity contribution in [1.29, 1.82) is 0 Å². The van der Waals surface area contributed by atoms with Gasteiger partial charge in [0.15, 0.2) is 0 Å². The normalized spacial score (nSPS) is 19.2. The summed E-state index contributed by atoms with van der Waals surface area (Å²) >= 11 is 0. The number of piperidine rings is 1. The maximum absolute atomic E-state index is 14.6. The van der Waals surface area contributed by atoms with Crippen molar-refractivity contribution in [2.45, 2.75) is 116 Å². The minimum atomic E-state index is -4.11. The number of carboxylic acid groups (broad SMARTS) is 1. The average Bonchev–Trinajstić information content (AvgIpc) is 3.85. The molecule has 2 fully saturated rings. The van der Waals surface area contributed by atoms with Gasteiger partial charge in [0.2, 0.25) is 15.9 Å². The number of nitrogens with zero attached hydrogens (tertiary/aromatic N) is 6. The van der Waals surface area contributed by atoms with Gasteiger partial charge in [-0.15, -0.1) is 5.10 Å². The van der Waals surface area contributed by atoms with Gasteiger partial charge >= 0.3 is 12.1 Å². The first kappa shape index (κ1) is 37.7. The minimum Gasteiger partial charge on any atom is -0.481 e. The van der Waals surface area contributed by atoms with Gasteiger partial charge in [-0.25, -0.2) is 22.9 Å². The number of amides is 1. The number of carbonyl (C=O) groups excluding carboxylic acids is 1. The summed E-state index contributed by atoms with van der Waals surface area (Å²) in [7, 11) is -4.11. The summed E-state index contributed by atoms with van der Waals surface area (Å²) in [6, 6.07) is 11.7. The van der Waals surface area contributed by atoms with Crippen LogP contribution in [0.3, 0.4) is 0 Å². The van der Waals surface area contributed by atoms with E-state index in [2.05, 4.69) is 15.3 Å². The van der Waals surface area contributed by atoms with Gasteiger partial charge in [0.05, 0.1) is 23.5 Å². The Morgan fingerprint density at radius 1 is 1.04 bits per heavy atom. The number of ether oxygens (including phenoxy) is 2. The van der Waals surface area contributed by atoms with Crippen LogP contribution in [-0.4, -0.2) is 85.6 Å². The summed E-state index contributed by atoms with van der Waals surface area (Å²) < 4.78 is 44.8. The molecule has 1 spiro atoms. The molecule has 3 aliphatic rings. The molecule has 288 valence electrons. The molecule has 4 heterocycles. The molecule has 1 atom stereocenters. The number of hydrogen-bond acceptors (Lipinski definition) is 9. The average molecular weight is 759 g/mol. The maximum Gasteiger partial charge on any atom is 0.410 e. The molecule has 1 aliphatic carbocycles. The van der Waals surface area contributed by atoms with Gasteiger partial charge in [-0.1, -0.05) is 29.5 Å². The molecular weight excluding hydrogens is 709 g/mol. The summed E-state index contributed by atoms with van der Waals surface area (Å²) in [5.74, 6) is -1.50. The fraction of sp³-hybridized carbons (Fsp3) is 0.525. The van der Waals surface area contributed by atoms with Crippen LogP contribution >= 0.6 is 0 Å². The van der Waals surface area contributed by atoms with E-state index in [1.54, 1.807) is 37.9 Å². The Hall–Kier alpha value is -4.56. The molecular formula is C40H50N6O7S. The zero-order valence-electron chi connectivity index (χ0n) is 32.3. The molecule has 54 heavy (non-hydrogen) atoms. The third-order valence-electron chi connectivity index (χ3n) is 11.1. The lowest BCUT2D eigenvalue weighted by molar-refractivity contribution is -0.147. The third-order valence-corrected chi connectivity index (χ3v) is 12.9. The van der Waals surface area contributed by atoms with Crippen molar-refractivity contribution < 1.29 is 32.6 Å². The zero-order chi connectivity index (χ0) is 39.0. The maximum atomic E-state index is 14.6. The Morgan fingerprint density at radius 3 is 2.39 bits per heavy atom. The molecule has 1 amide bonds. The van der Waals surface area contributed by atoms with Crippen molar-refractivity contribution in [3.8, 4) is 5.88 Å². The van der Waals surface area contributed by atoms with Crippen molar-refractivity contribution in [1.82, 2.24) is 29.2 Å². The smallest absolute Gasteiger partial charge is 0.410 e. The van der Waals surface area contributed by atoms with Crippen LogP contribution in [0.1, 0.15) is 106 Å². The molecule has 1 unspecified atom stereocenters. The van der Waals surface area contributed by atoms with Crippen LogP contribution in [0.2, 0.25) is 0 Å². The van der Waals surface area contributed by atoms with Gasteiger partial charge in [0, 0.05) is 44.6 Å². The summed E-state index contributed by atoms with van der Waals surface area (Å²) in [5.41, 5.74) is 3.56. The van der Waals surface area contributed by atoms with Gasteiger partial charge in [-0.3, -0.25) is 4.79 Å². The molecule has 2 aromatic carbocycles. The molecule has 2 aromatic heterocycles. The van der Waals surface area contributed by atoms with E-state index in [9.17, 15) is 23.1 Å². The number of likely N-dealkylation sites (tertiary alicyclic amines) is 1.